The lowest BCUT2D eigenvalue weighted by Gasteiger charge is -2.22. The molecule has 0 aromatic heterocycles. The Kier molecular flexibility index (Phi) is 8.25. The summed E-state index contributed by atoms with van der Waals surface area (Å²) in [7, 11) is 1.62. The van der Waals surface area contributed by atoms with Crippen molar-refractivity contribution in [2.24, 2.45) is 5.73 Å². The normalized spacial score (nSPS) is 10.2. The molecule has 0 saturated heterocycles. The lowest BCUT2D eigenvalue weighted by Crippen LogP contribution is -2.37. The molecule has 6 heteroatoms. The van der Waals surface area contributed by atoms with Crippen molar-refractivity contribution in [1.29, 1.82) is 0 Å². The van der Waals surface area contributed by atoms with Crippen molar-refractivity contribution in [2.75, 3.05) is 32.6 Å². The molecule has 20 heavy (non-hydrogen) atoms. The molecule has 110 valence electrons. The molecule has 1 rings (SSSR count). The van der Waals surface area contributed by atoms with E-state index in [2.05, 4.69) is 0 Å². The van der Waals surface area contributed by atoms with E-state index in [1.165, 1.54) is 11.8 Å². The lowest BCUT2D eigenvalue weighted by molar-refractivity contribution is -0.128. The van der Waals surface area contributed by atoms with Crippen LogP contribution in [0.2, 0.25) is 0 Å². The third-order valence-corrected chi connectivity index (χ3v) is 3.85. The number of thiocarbonyl (C=S) groups is 1. The Balaban J connectivity index is 2.46. The number of rotatable bonds is 9. The monoisotopic (exact) mass is 312 g/mol. The standard InChI is InChI=1S/C14H20N2O2S2/c1-18-10-9-16(8-7-13(15)19)14(17)11-20-12-5-3-2-4-6-12/h2-6H,7-11H2,1H3,(H2,15,19). The maximum atomic E-state index is 12.2. The number of hydrogen-bond donors (Lipinski definition) is 1. The summed E-state index contributed by atoms with van der Waals surface area (Å²) in [5, 5.41) is 0. The number of nitrogens with zero attached hydrogens (tertiary/aromatic N) is 1. The number of methoxy groups -OCH3 is 1. The minimum absolute atomic E-state index is 0.0761. The van der Waals surface area contributed by atoms with Gasteiger partial charge in [0, 0.05) is 31.5 Å². The van der Waals surface area contributed by atoms with Crippen LogP contribution in [0.3, 0.4) is 0 Å². The van der Waals surface area contributed by atoms with Gasteiger partial charge in [-0.3, -0.25) is 4.79 Å². The lowest BCUT2D eigenvalue weighted by atomic mass is 10.3. The fourth-order valence-corrected chi connectivity index (χ4v) is 2.47. The molecule has 1 aromatic rings. The minimum atomic E-state index is 0.0761. The van der Waals surface area contributed by atoms with Gasteiger partial charge in [-0.25, -0.2) is 0 Å². The molecule has 0 atom stereocenters. The highest BCUT2D eigenvalue weighted by atomic mass is 32.2. The van der Waals surface area contributed by atoms with E-state index in [0.29, 0.717) is 36.9 Å². The van der Waals surface area contributed by atoms with Gasteiger partial charge in [-0.1, -0.05) is 30.4 Å². The zero-order chi connectivity index (χ0) is 14.8. The van der Waals surface area contributed by atoms with Gasteiger partial charge in [0.25, 0.3) is 0 Å². The molecular formula is C14H20N2O2S2. The van der Waals surface area contributed by atoms with E-state index < -0.39 is 0 Å². The molecule has 0 aliphatic heterocycles. The second-order valence-electron chi connectivity index (χ2n) is 4.19. The minimum Gasteiger partial charge on any atom is -0.393 e. The molecule has 1 aromatic carbocycles. The van der Waals surface area contributed by atoms with Gasteiger partial charge in [-0.05, 0) is 12.1 Å². The summed E-state index contributed by atoms with van der Waals surface area (Å²) in [5.41, 5.74) is 5.49. The average molecular weight is 312 g/mol. The first-order chi connectivity index (χ1) is 9.63. The van der Waals surface area contributed by atoms with Crippen LogP contribution in [0.5, 0.6) is 0 Å². The number of amides is 1. The highest BCUT2D eigenvalue weighted by Gasteiger charge is 2.13. The maximum absolute atomic E-state index is 12.2. The molecule has 0 aliphatic rings. The summed E-state index contributed by atoms with van der Waals surface area (Å²) >= 11 is 6.39. The van der Waals surface area contributed by atoms with Crippen LogP contribution < -0.4 is 5.73 Å². The molecule has 0 fully saturated rings. The van der Waals surface area contributed by atoms with Crippen molar-refractivity contribution < 1.29 is 9.53 Å². The van der Waals surface area contributed by atoms with Crippen LogP contribution in [0.4, 0.5) is 0 Å². The van der Waals surface area contributed by atoms with Gasteiger partial charge < -0.3 is 15.4 Å². The maximum Gasteiger partial charge on any atom is 0.233 e. The van der Waals surface area contributed by atoms with E-state index in [1.54, 1.807) is 12.0 Å². The zero-order valence-electron chi connectivity index (χ0n) is 11.6. The van der Waals surface area contributed by atoms with Gasteiger partial charge >= 0.3 is 0 Å². The first-order valence-corrected chi connectivity index (χ1v) is 7.75. The van der Waals surface area contributed by atoms with Gasteiger partial charge in [0.1, 0.15) is 0 Å². The van der Waals surface area contributed by atoms with Crippen LogP contribution in [0.15, 0.2) is 35.2 Å². The van der Waals surface area contributed by atoms with Crippen LogP contribution in [0.25, 0.3) is 0 Å². The third kappa shape index (κ3) is 6.88. The first-order valence-electron chi connectivity index (χ1n) is 6.36. The molecule has 0 aliphatic carbocycles. The van der Waals surface area contributed by atoms with Crippen LogP contribution in [-0.2, 0) is 9.53 Å². The summed E-state index contributed by atoms with van der Waals surface area (Å²) in [5.74, 6) is 0.484. The number of ether oxygens (including phenoxy) is 1. The van der Waals surface area contributed by atoms with Gasteiger partial charge in [-0.2, -0.15) is 0 Å². The fourth-order valence-electron chi connectivity index (χ4n) is 1.56. The highest BCUT2D eigenvalue weighted by molar-refractivity contribution is 8.00. The molecule has 0 heterocycles. The van der Waals surface area contributed by atoms with Crippen molar-refractivity contribution in [2.45, 2.75) is 11.3 Å². The van der Waals surface area contributed by atoms with Gasteiger partial charge in [0.15, 0.2) is 0 Å². The molecule has 4 nitrogen and oxygen atoms in total. The fraction of sp³-hybridized carbons (Fsp3) is 0.429. The summed E-state index contributed by atoms with van der Waals surface area (Å²) < 4.78 is 5.03. The predicted molar refractivity (Wildman–Crippen MR) is 87.0 cm³/mol. The third-order valence-electron chi connectivity index (χ3n) is 2.65. The van der Waals surface area contributed by atoms with Crippen LogP contribution >= 0.6 is 24.0 Å². The Morgan fingerprint density at radius 2 is 2.05 bits per heavy atom. The number of benzene rings is 1. The molecular weight excluding hydrogens is 292 g/mol. The summed E-state index contributed by atoms with van der Waals surface area (Å²) in [6.07, 6.45) is 0.542. The van der Waals surface area contributed by atoms with Crippen LogP contribution in [0, 0.1) is 0 Å². The van der Waals surface area contributed by atoms with Crippen molar-refractivity contribution in [3.63, 3.8) is 0 Å². The summed E-state index contributed by atoms with van der Waals surface area (Å²) in [4.78, 5) is 15.5. The molecule has 0 bridgehead atoms. The van der Waals surface area contributed by atoms with Gasteiger partial charge in [0.2, 0.25) is 5.91 Å². The number of carbonyl (C=O) groups is 1. The molecule has 1 amide bonds. The van der Waals surface area contributed by atoms with E-state index in [9.17, 15) is 4.79 Å². The average Bonchev–Trinajstić information content (AvgIpc) is 2.45. The summed E-state index contributed by atoms with van der Waals surface area (Å²) in [6.45, 7) is 1.62. The zero-order valence-corrected chi connectivity index (χ0v) is 13.2. The Labute approximate surface area is 129 Å². The van der Waals surface area contributed by atoms with E-state index in [-0.39, 0.29) is 5.91 Å². The molecule has 0 saturated carbocycles. The number of hydrogen-bond acceptors (Lipinski definition) is 4. The number of nitrogens with two attached hydrogens (primary N) is 1. The highest BCUT2D eigenvalue weighted by Crippen LogP contribution is 2.17. The predicted octanol–water partition coefficient (Wildman–Crippen LogP) is 1.93. The summed E-state index contributed by atoms with van der Waals surface area (Å²) in [6, 6.07) is 9.86. The van der Waals surface area contributed by atoms with E-state index in [4.69, 9.17) is 22.7 Å². The largest absolute Gasteiger partial charge is 0.393 e. The second kappa shape index (κ2) is 9.74. The van der Waals surface area contributed by atoms with Crippen molar-refractivity contribution in [1.82, 2.24) is 4.90 Å². The smallest absolute Gasteiger partial charge is 0.233 e. The Morgan fingerprint density at radius 3 is 2.65 bits per heavy atom. The quantitative estimate of drug-likeness (QED) is 0.558. The Hall–Kier alpha value is -1.11. The first kappa shape index (κ1) is 16.9. The van der Waals surface area contributed by atoms with Crippen LogP contribution in [-0.4, -0.2) is 48.4 Å². The second-order valence-corrected chi connectivity index (χ2v) is 5.76. The van der Waals surface area contributed by atoms with Crippen molar-refractivity contribution in [3.05, 3.63) is 30.3 Å². The number of thioether (sulfide) groups is 1. The van der Waals surface area contributed by atoms with Gasteiger partial charge in [-0.15, -0.1) is 11.8 Å². The Bertz CT molecular complexity index is 426. The SMILES string of the molecule is COCCN(CCC(N)=S)C(=O)CSc1ccccc1. The van der Waals surface area contributed by atoms with E-state index >= 15 is 0 Å². The molecule has 0 unspecified atom stereocenters. The molecule has 0 radical (unpaired) electrons. The van der Waals surface area contributed by atoms with E-state index in [1.807, 2.05) is 30.3 Å². The number of carbonyl (C=O) groups excluding carboxylic acids is 1. The van der Waals surface area contributed by atoms with Crippen molar-refractivity contribution in [3.8, 4) is 0 Å². The Morgan fingerprint density at radius 1 is 1.35 bits per heavy atom. The topological polar surface area (TPSA) is 55.6 Å². The van der Waals surface area contributed by atoms with Gasteiger partial charge in [0.05, 0.1) is 17.3 Å². The molecule has 2 N–H and O–H groups in total. The van der Waals surface area contributed by atoms with Crippen molar-refractivity contribution >= 4 is 34.9 Å². The molecule has 0 spiro atoms. The van der Waals surface area contributed by atoms with Crippen LogP contribution in [0.1, 0.15) is 6.42 Å². The van der Waals surface area contributed by atoms with E-state index in [0.717, 1.165) is 4.90 Å².